The van der Waals surface area contributed by atoms with Gasteiger partial charge in [0, 0.05) is 42.1 Å². The molecule has 2 aromatic carbocycles. The van der Waals surface area contributed by atoms with Crippen LogP contribution in [-0.4, -0.2) is 35.3 Å². The van der Waals surface area contributed by atoms with Crippen LogP contribution in [0.5, 0.6) is 5.75 Å². The minimum atomic E-state index is -0.524. The lowest BCUT2D eigenvalue weighted by Crippen LogP contribution is -2.52. The number of aryl methyl sites for hydroxylation is 2. The van der Waals surface area contributed by atoms with Crippen LogP contribution in [0.3, 0.4) is 0 Å². The van der Waals surface area contributed by atoms with Gasteiger partial charge in [-0.25, -0.2) is 0 Å². The van der Waals surface area contributed by atoms with E-state index >= 15 is 0 Å². The van der Waals surface area contributed by atoms with E-state index in [0.29, 0.717) is 53.7 Å². The number of ketones is 1. The number of hydrogen-bond acceptors (Lipinski definition) is 3. The van der Waals surface area contributed by atoms with Gasteiger partial charge in [0.25, 0.3) is 0 Å². The quantitative estimate of drug-likeness (QED) is 0.563. The predicted octanol–water partition coefficient (Wildman–Crippen LogP) is 5.65. The summed E-state index contributed by atoms with van der Waals surface area (Å²) >= 11 is 12.1. The van der Waals surface area contributed by atoms with Crippen molar-refractivity contribution >= 4 is 41.0 Å². The average Bonchev–Trinajstić information content (AvgIpc) is 2.69. The predicted molar refractivity (Wildman–Crippen MR) is 120 cm³/mol. The summed E-state index contributed by atoms with van der Waals surface area (Å²) in [6, 6.07) is 9.11. The number of rotatable bonds is 2. The zero-order chi connectivity index (χ0) is 21.5. The van der Waals surface area contributed by atoms with Crippen LogP contribution in [0.15, 0.2) is 36.4 Å². The average molecular weight is 444 g/mol. The maximum absolute atomic E-state index is 12.8. The Morgan fingerprint density at radius 3 is 2.57 bits per heavy atom. The van der Waals surface area contributed by atoms with E-state index in [1.807, 2.05) is 26.0 Å². The van der Waals surface area contributed by atoms with Gasteiger partial charge < -0.3 is 9.64 Å². The Kier molecular flexibility index (Phi) is 5.65. The number of piperidine rings is 1. The summed E-state index contributed by atoms with van der Waals surface area (Å²) in [5.41, 5.74) is 2.95. The molecule has 4 nitrogen and oxygen atoms in total. The molecule has 2 aliphatic heterocycles. The Hall–Kier alpha value is -2.30. The second kappa shape index (κ2) is 8.09. The summed E-state index contributed by atoms with van der Waals surface area (Å²) in [5, 5.41) is 1.06. The van der Waals surface area contributed by atoms with Crippen LogP contribution in [0, 0.1) is 13.8 Å². The number of hydrogen-bond donors (Lipinski definition) is 0. The normalized spacial score (nSPS) is 17.9. The number of ether oxygens (including phenoxy) is 1. The standard InChI is InChI=1S/C24H23Cl2NO3/c1-15-11-16(2)23-19(12-15)21(28)14-24(30-23)7-9-27(10-8-24)22(29)6-4-17-3-5-18(25)13-20(17)26/h3-6,11-13H,7-10,14H2,1-2H3/b6-4+. The zero-order valence-electron chi connectivity index (χ0n) is 17.0. The number of nitrogens with zero attached hydrogens (tertiary/aromatic N) is 1. The fourth-order valence-electron chi connectivity index (χ4n) is 4.25. The van der Waals surface area contributed by atoms with Crippen molar-refractivity contribution in [3.05, 3.63) is 68.7 Å². The van der Waals surface area contributed by atoms with Crippen LogP contribution in [0.25, 0.3) is 6.08 Å². The smallest absolute Gasteiger partial charge is 0.246 e. The summed E-state index contributed by atoms with van der Waals surface area (Å²) in [7, 11) is 0. The van der Waals surface area contributed by atoms with Crippen LogP contribution < -0.4 is 4.74 Å². The highest BCUT2D eigenvalue weighted by atomic mass is 35.5. The van der Waals surface area contributed by atoms with Crippen molar-refractivity contribution in [2.45, 2.75) is 38.7 Å². The maximum Gasteiger partial charge on any atom is 0.246 e. The molecule has 0 atom stereocenters. The van der Waals surface area contributed by atoms with E-state index in [2.05, 4.69) is 0 Å². The van der Waals surface area contributed by atoms with Crippen LogP contribution in [0.1, 0.15) is 46.3 Å². The number of halogens is 2. The van der Waals surface area contributed by atoms with Crippen molar-refractivity contribution < 1.29 is 14.3 Å². The lowest BCUT2D eigenvalue weighted by Gasteiger charge is -2.44. The van der Waals surface area contributed by atoms with Crippen LogP contribution >= 0.6 is 23.2 Å². The second-order valence-electron chi connectivity index (χ2n) is 8.17. The largest absolute Gasteiger partial charge is 0.486 e. The van der Waals surface area contributed by atoms with Crippen LogP contribution in [0.4, 0.5) is 0 Å². The van der Waals surface area contributed by atoms with E-state index in [1.54, 1.807) is 29.2 Å². The van der Waals surface area contributed by atoms with Gasteiger partial charge in [-0.05, 0) is 54.8 Å². The van der Waals surface area contributed by atoms with Gasteiger partial charge in [0.15, 0.2) is 5.78 Å². The van der Waals surface area contributed by atoms with Crippen molar-refractivity contribution in [1.29, 1.82) is 0 Å². The molecule has 156 valence electrons. The zero-order valence-corrected chi connectivity index (χ0v) is 18.5. The summed E-state index contributed by atoms with van der Waals surface area (Å²) < 4.78 is 6.39. The Morgan fingerprint density at radius 2 is 1.87 bits per heavy atom. The van der Waals surface area contributed by atoms with Crippen molar-refractivity contribution in [3.63, 3.8) is 0 Å². The van der Waals surface area contributed by atoms with Gasteiger partial charge in [-0.1, -0.05) is 35.3 Å². The molecule has 2 heterocycles. The molecule has 6 heteroatoms. The summed E-state index contributed by atoms with van der Waals surface area (Å²) in [5.74, 6) is 0.749. The monoisotopic (exact) mass is 443 g/mol. The third-order valence-electron chi connectivity index (χ3n) is 5.87. The Bertz CT molecular complexity index is 1050. The van der Waals surface area contributed by atoms with Crippen molar-refractivity contribution in [3.8, 4) is 5.75 Å². The molecule has 1 saturated heterocycles. The maximum atomic E-state index is 12.8. The molecule has 0 unspecified atom stereocenters. The lowest BCUT2D eigenvalue weighted by atomic mass is 9.81. The van der Waals surface area contributed by atoms with E-state index in [9.17, 15) is 9.59 Å². The first-order valence-electron chi connectivity index (χ1n) is 10.0. The highest BCUT2D eigenvalue weighted by Crippen LogP contribution is 2.41. The summed E-state index contributed by atoms with van der Waals surface area (Å²) in [4.78, 5) is 27.2. The number of amides is 1. The summed E-state index contributed by atoms with van der Waals surface area (Å²) in [6.45, 7) is 5.05. The number of carbonyl (C=O) groups is 2. The van der Waals surface area contributed by atoms with Crippen molar-refractivity contribution in [1.82, 2.24) is 4.90 Å². The fourth-order valence-corrected chi connectivity index (χ4v) is 4.73. The third-order valence-corrected chi connectivity index (χ3v) is 6.44. The molecule has 0 saturated carbocycles. The first-order valence-corrected chi connectivity index (χ1v) is 10.8. The highest BCUT2D eigenvalue weighted by Gasteiger charge is 2.44. The van der Waals surface area contributed by atoms with Crippen LogP contribution in [0.2, 0.25) is 10.0 Å². The van der Waals surface area contributed by atoms with Gasteiger partial charge in [0.1, 0.15) is 11.4 Å². The van der Waals surface area contributed by atoms with Gasteiger partial charge in [0.2, 0.25) is 5.91 Å². The molecule has 0 aromatic heterocycles. The fraction of sp³-hybridized carbons (Fsp3) is 0.333. The molecule has 30 heavy (non-hydrogen) atoms. The second-order valence-corrected chi connectivity index (χ2v) is 9.01. The topological polar surface area (TPSA) is 46.6 Å². The van der Waals surface area contributed by atoms with Crippen LogP contribution in [-0.2, 0) is 4.79 Å². The van der Waals surface area contributed by atoms with E-state index in [-0.39, 0.29) is 11.7 Å². The van der Waals surface area contributed by atoms with Crippen molar-refractivity contribution in [2.24, 2.45) is 0 Å². The molecule has 0 N–H and O–H groups in total. The number of benzene rings is 2. The molecule has 0 radical (unpaired) electrons. The number of Topliss-reactive ketones (excluding diaryl/α,β-unsaturated/α-hetero) is 1. The third kappa shape index (κ3) is 4.12. The first-order chi connectivity index (χ1) is 14.3. The molecule has 2 aliphatic rings. The Balaban J connectivity index is 1.44. The molecule has 0 aliphatic carbocycles. The molecule has 1 spiro atoms. The number of fused-ring (bicyclic) bond motifs is 1. The minimum Gasteiger partial charge on any atom is -0.486 e. The van der Waals surface area contributed by atoms with Gasteiger partial charge in [-0.2, -0.15) is 0 Å². The van der Waals surface area contributed by atoms with E-state index in [4.69, 9.17) is 27.9 Å². The molecule has 0 bridgehead atoms. The molecule has 2 aromatic rings. The molecule has 4 rings (SSSR count). The van der Waals surface area contributed by atoms with Gasteiger partial charge in [0.05, 0.1) is 12.0 Å². The summed E-state index contributed by atoms with van der Waals surface area (Å²) in [6.07, 6.45) is 4.86. The molecular formula is C24H23Cl2NO3. The molecule has 1 fully saturated rings. The lowest BCUT2D eigenvalue weighted by molar-refractivity contribution is -0.129. The molecule has 1 amide bonds. The van der Waals surface area contributed by atoms with E-state index in [1.165, 1.54) is 6.08 Å². The van der Waals surface area contributed by atoms with Gasteiger partial charge in [-0.15, -0.1) is 0 Å². The van der Waals surface area contributed by atoms with Gasteiger partial charge >= 0.3 is 0 Å². The first kappa shape index (κ1) is 21.0. The number of likely N-dealkylation sites (tertiary alicyclic amines) is 1. The van der Waals surface area contributed by atoms with E-state index < -0.39 is 5.60 Å². The van der Waals surface area contributed by atoms with Crippen molar-refractivity contribution in [2.75, 3.05) is 13.1 Å². The Morgan fingerprint density at radius 1 is 1.13 bits per heavy atom. The SMILES string of the molecule is Cc1cc(C)c2c(c1)C(=O)CC1(CCN(C(=O)/C=C/c3ccc(Cl)cc3Cl)CC1)O2. The minimum absolute atomic E-state index is 0.0785. The van der Waals surface area contributed by atoms with Gasteiger partial charge in [-0.3, -0.25) is 9.59 Å². The Labute approximate surface area is 186 Å². The highest BCUT2D eigenvalue weighted by molar-refractivity contribution is 6.35. The molecular weight excluding hydrogens is 421 g/mol. The van der Waals surface area contributed by atoms with E-state index in [0.717, 1.165) is 16.7 Å². The number of carbonyl (C=O) groups excluding carboxylic acids is 2.